The van der Waals surface area contributed by atoms with Crippen molar-refractivity contribution in [1.82, 2.24) is 0 Å². The summed E-state index contributed by atoms with van der Waals surface area (Å²) in [6, 6.07) is 9.37. The molecule has 0 heteroatoms. The van der Waals surface area contributed by atoms with Gasteiger partial charge in [-0.05, 0) is 79.4 Å². The van der Waals surface area contributed by atoms with Crippen LogP contribution in [-0.4, -0.2) is 0 Å². The van der Waals surface area contributed by atoms with Gasteiger partial charge in [0.05, 0.1) is 0 Å². The molecule has 0 N–H and O–H groups in total. The third-order valence-electron chi connectivity index (χ3n) is 7.76. The highest BCUT2D eigenvalue weighted by Crippen LogP contribution is 2.37. The zero-order valence-corrected chi connectivity index (χ0v) is 19.2. The van der Waals surface area contributed by atoms with Crippen LogP contribution in [0.1, 0.15) is 108 Å². The third kappa shape index (κ3) is 7.16. The van der Waals surface area contributed by atoms with Gasteiger partial charge in [-0.1, -0.05) is 101 Å². The van der Waals surface area contributed by atoms with E-state index in [4.69, 9.17) is 0 Å². The van der Waals surface area contributed by atoms with E-state index in [-0.39, 0.29) is 0 Å². The molecule has 160 valence electrons. The van der Waals surface area contributed by atoms with E-state index in [1.807, 2.05) is 0 Å². The molecule has 1 saturated carbocycles. The Balaban J connectivity index is 1.39. The Morgan fingerprint density at radius 3 is 2.10 bits per heavy atom. The fourth-order valence-electron chi connectivity index (χ4n) is 5.48. The first-order chi connectivity index (χ1) is 14.2. The van der Waals surface area contributed by atoms with Crippen molar-refractivity contribution in [2.45, 2.75) is 104 Å². The van der Waals surface area contributed by atoms with Gasteiger partial charge in [-0.2, -0.15) is 0 Å². The Morgan fingerprint density at radius 2 is 1.52 bits per heavy atom. The lowest BCUT2D eigenvalue weighted by Gasteiger charge is -2.30. The molecule has 1 unspecified atom stereocenters. The van der Waals surface area contributed by atoms with Crippen molar-refractivity contribution in [3.8, 4) is 0 Å². The number of allylic oxidation sites excluding steroid dienone is 3. The van der Waals surface area contributed by atoms with Crippen LogP contribution in [0, 0.1) is 17.8 Å². The molecule has 1 aromatic carbocycles. The Kier molecular flexibility index (Phi) is 9.09. The first kappa shape index (κ1) is 22.4. The number of hydrogen-bond donors (Lipinski definition) is 0. The molecule has 0 nitrogen and oxygen atoms in total. The molecule has 0 amide bonds. The lowest BCUT2D eigenvalue weighted by atomic mass is 9.76. The summed E-state index contributed by atoms with van der Waals surface area (Å²) in [4.78, 5) is 0. The summed E-state index contributed by atoms with van der Waals surface area (Å²) in [5.74, 6) is 3.02. The van der Waals surface area contributed by atoms with E-state index >= 15 is 0 Å². The van der Waals surface area contributed by atoms with Crippen molar-refractivity contribution in [1.29, 1.82) is 0 Å². The molecule has 2 aliphatic carbocycles. The smallest absolute Gasteiger partial charge is 0.0228 e. The van der Waals surface area contributed by atoms with Crippen LogP contribution in [0.4, 0.5) is 0 Å². The van der Waals surface area contributed by atoms with Crippen molar-refractivity contribution >= 4 is 5.57 Å². The third-order valence-corrected chi connectivity index (χ3v) is 7.76. The molecular weight excluding hydrogens is 348 g/mol. The zero-order valence-electron chi connectivity index (χ0n) is 19.2. The normalized spacial score (nSPS) is 24.9. The molecule has 0 aliphatic heterocycles. The van der Waals surface area contributed by atoms with Crippen molar-refractivity contribution in [3.63, 3.8) is 0 Å². The lowest BCUT2D eigenvalue weighted by molar-refractivity contribution is 0.237. The number of aryl methyl sites for hydroxylation is 1. The molecule has 0 heterocycles. The van der Waals surface area contributed by atoms with Gasteiger partial charge in [-0.3, -0.25) is 0 Å². The van der Waals surface area contributed by atoms with Crippen LogP contribution in [0.2, 0.25) is 0 Å². The maximum atomic E-state index is 4.13. The second-order valence-electron chi connectivity index (χ2n) is 9.92. The molecule has 0 spiro atoms. The quantitative estimate of drug-likeness (QED) is 0.348. The van der Waals surface area contributed by atoms with E-state index in [1.165, 1.54) is 87.3 Å². The van der Waals surface area contributed by atoms with Crippen LogP contribution in [-0.2, 0) is 6.42 Å². The summed E-state index contributed by atoms with van der Waals surface area (Å²) in [5, 5.41) is 0. The Bertz CT molecular complexity index is 639. The summed E-state index contributed by atoms with van der Waals surface area (Å²) < 4.78 is 0. The number of rotatable bonds is 10. The summed E-state index contributed by atoms with van der Waals surface area (Å²) >= 11 is 0. The fourth-order valence-corrected chi connectivity index (χ4v) is 5.48. The second kappa shape index (κ2) is 11.8. The molecule has 1 fully saturated rings. The van der Waals surface area contributed by atoms with Gasteiger partial charge < -0.3 is 0 Å². The highest BCUT2D eigenvalue weighted by Gasteiger charge is 2.22. The van der Waals surface area contributed by atoms with Crippen molar-refractivity contribution in [2.75, 3.05) is 0 Å². The van der Waals surface area contributed by atoms with Gasteiger partial charge in [0.2, 0.25) is 0 Å². The van der Waals surface area contributed by atoms with Crippen LogP contribution >= 0.6 is 0 Å². The summed E-state index contributed by atoms with van der Waals surface area (Å²) in [6.45, 7) is 8.68. The molecule has 1 atom stereocenters. The van der Waals surface area contributed by atoms with Crippen molar-refractivity contribution in [3.05, 3.63) is 53.6 Å². The van der Waals surface area contributed by atoms with Crippen LogP contribution < -0.4 is 0 Å². The molecular formula is C29H44. The maximum Gasteiger partial charge on any atom is -0.0228 e. The van der Waals surface area contributed by atoms with E-state index in [9.17, 15) is 0 Å². The number of benzene rings is 1. The summed E-state index contributed by atoms with van der Waals surface area (Å²) in [7, 11) is 0. The van der Waals surface area contributed by atoms with E-state index in [1.54, 1.807) is 5.57 Å². The first-order valence-electron chi connectivity index (χ1n) is 12.6. The second-order valence-corrected chi connectivity index (χ2v) is 9.92. The van der Waals surface area contributed by atoms with Crippen LogP contribution in [0.25, 0.3) is 5.57 Å². The molecule has 29 heavy (non-hydrogen) atoms. The Hall–Kier alpha value is -1.30. The van der Waals surface area contributed by atoms with E-state index in [2.05, 4.69) is 50.8 Å². The van der Waals surface area contributed by atoms with Gasteiger partial charge in [0.25, 0.3) is 0 Å². The SMILES string of the molecule is C=C(CC)CCc1ccc(C2=CCC(CCC3CCC(CCC)CC3)CC2)cc1. The maximum absolute atomic E-state index is 4.13. The molecule has 1 aromatic rings. The minimum Gasteiger partial charge on any atom is -0.0999 e. The van der Waals surface area contributed by atoms with Crippen LogP contribution in [0.3, 0.4) is 0 Å². The van der Waals surface area contributed by atoms with E-state index in [0.717, 1.165) is 37.0 Å². The van der Waals surface area contributed by atoms with Crippen LogP contribution in [0.5, 0.6) is 0 Å². The number of hydrogen-bond acceptors (Lipinski definition) is 0. The molecule has 0 saturated heterocycles. The topological polar surface area (TPSA) is 0 Å². The van der Waals surface area contributed by atoms with Gasteiger partial charge in [-0.15, -0.1) is 0 Å². The zero-order chi connectivity index (χ0) is 20.5. The Labute approximate surface area is 180 Å². The molecule has 2 aliphatic rings. The highest BCUT2D eigenvalue weighted by molar-refractivity contribution is 5.66. The first-order valence-corrected chi connectivity index (χ1v) is 12.6. The van der Waals surface area contributed by atoms with Crippen molar-refractivity contribution in [2.24, 2.45) is 17.8 Å². The molecule has 0 radical (unpaired) electrons. The van der Waals surface area contributed by atoms with Gasteiger partial charge >= 0.3 is 0 Å². The lowest BCUT2D eigenvalue weighted by Crippen LogP contribution is -2.16. The highest BCUT2D eigenvalue weighted by atomic mass is 14.3. The Morgan fingerprint density at radius 1 is 0.862 bits per heavy atom. The summed E-state index contributed by atoms with van der Waals surface area (Å²) in [6.07, 6.45) is 21.7. The van der Waals surface area contributed by atoms with Gasteiger partial charge in [0, 0.05) is 0 Å². The average molecular weight is 393 g/mol. The van der Waals surface area contributed by atoms with Crippen LogP contribution in [0.15, 0.2) is 42.5 Å². The molecule has 0 aromatic heterocycles. The average Bonchev–Trinajstić information content (AvgIpc) is 2.78. The van der Waals surface area contributed by atoms with E-state index in [0.29, 0.717) is 0 Å². The molecule has 3 rings (SSSR count). The standard InChI is InChI=1S/C29H44/c1-4-6-24-9-11-26(12-10-24)13-14-27-17-21-29(22-18-27)28-19-15-25(16-20-28)8-7-23(3)5-2/h15-16,19-21,24,26-27H,3-14,17-18,22H2,1-2H3. The summed E-state index contributed by atoms with van der Waals surface area (Å²) in [5.41, 5.74) is 5.86. The predicted molar refractivity (Wildman–Crippen MR) is 129 cm³/mol. The van der Waals surface area contributed by atoms with Gasteiger partial charge in [0.15, 0.2) is 0 Å². The van der Waals surface area contributed by atoms with Gasteiger partial charge in [0.1, 0.15) is 0 Å². The molecule has 0 bridgehead atoms. The van der Waals surface area contributed by atoms with Gasteiger partial charge in [-0.25, -0.2) is 0 Å². The minimum atomic E-state index is 0.937. The predicted octanol–water partition coefficient (Wildman–Crippen LogP) is 9.16. The van der Waals surface area contributed by atoms with Crippen molar-refractivity contribution < 1.29 is 0 Å². The monoisotopic (exact) mass is 392 g/mol. The largest absolute Gasteiger partial charge is 0.0999 e. The van der Waals surface area contributed by atoms with E-state index < -0.39 is 0 Å². The minimum absolute atomic E-state index is 0.937. The fraction of sp³-hybridized carbons (Fsp3) is 0.655.